The third-order valence-electron chi connectivity index (χ3n) is 3.44. The molecular formula is C15H17N3O2S3. The lowest BCUT2D eigenvalue weighted by Crippen LogP contribution is -2.31. The van der Waals surface area contributed by atoms with Crippen LogP contribution in [0.1, 0.15) is 22.3 Å². The van der Waals surface area contributed by atoms with Gasteiger partial charge in [-0.3, -0.25) is 4.68 Å². The number of nitrogens with one attached hydrogen (secondary N) is 1. The predicted octanol–water partition coefficient (Wildman–Crippen LogP) is 3.19. The van der Waals surface area contributed by atoms with E-state index in [1.54, 1.807) is 28.8 Å². The molecule has 5 nitrogen and oxygen atoms in total. The second kappa shape index (κ2) is 6.56. The molecule has 23 heavy (non-hydrogen) atoms. The van der Waals surface area contributed by atoms with E-state index in [-0.39, 0.29) is 12.6 Å². The van der Waals surface area contributed by atoms with Crippen LogP contribution in [0.15, 0.2) is 45.3 Å². The monoisotopic (exact) mass is 367 g/mol. The van der Waals surface area contributed by atoms with Crippen LogP contribution in [0.5, 0.6) is 0 Å². The van der Waals surface area contributed by atoms with Crippen molar-refractivity contribution < 1.29 is 8.42 Å². The molecule has 3 rings (SSSR count). The van der Waals surface area contributed by atoms with E-state index in [1.807, 2.05) is 42.1 Å². The second-order valence-corrected chi connectivity index (χ2v) is 9.11. The first-order chi connectivity index (χ1) is 11.0. The van der Waals surface area contributed by atoms with E-state index in [1.165, 1.54) is 11.3 Å². The second-order valence-electron chi connectivity index (χ2n) is 5.19. The minimum absolute atomic E-state index is 0.154. The quantitative estimate of drug-likeness (QED) is 0.728. The van der Waals surface area contributed by atoms with Crippen LogP contribution in [0.2, 0.25) is 0 Å². The number of nitrogens with zero attached hydrogens (tertiary/aromatic N) is 2. The van der Waals surface area contributed by atoms with Crippen molar-refractivity contribution in [3.8, 4) is 0 Å². The number of aryl methyl sites for hydroxylation is 2. The minimum atomic E-state index is -3.49. The number of rotatable bonds is 6. The molecule has 0 saturated carbocycles. The van der Waals surface area contributed by atoms with Crippen LogP contribution in [0.3, 0.4) is 0 Å². The largest absolute Gasteiger partial charge is 0.260 e. The van der Waals surface area contributed by atoms with Gasteiger partial charge in [-0.15, -0.1) is 22.7 Å². The van der Waals surface area contributed by atoms with Crippen molar-refractivity contribution in [2.75, 3.05) is 6.54 Å². The normalized spacial score (nSPS) is 13.3. The highest BCUT2D eigenvalue weighted by Crippen LogP contribution is 2.25. The van der Waals surface area contributed by atoms with E-state index in [0.29, 0.717) is 4.21 Å². The highest BCUT2D eigenvalue weighted by Gasteiger charge is 2.22. The minimum Gasteiger partial charge on any atom is -0.260 e. The first-order valence-corrected chi connectivity index (χ1v) is 10.3. The summed E-state index contributed by atoms with van der Waals surface area (Å²) in [6, 6.07) is 9.15. The van der Waals surface area contributed by atoms with E-state index in [9.17, 15) is 8.42 Å². The van der Waals surface area contributed by atoms with Gasteiger partial charge < -0.3 is 0 Å². The summed E-state index contributed by atoms with van der Waals surface area (Å²) in [7, 11) is -3.49. The van der Waals surface area contributed by atoms with Crippen LogP contribution >= 0.6 is 22.7 Å². The summed E-state index contributed by atoms with van der Waals surface area (Å²) in [6.45, 7) is 4.18. The molecular weight excluding hydrogens is 350 g/mol. The van der Waals surface area contributed by atoms with Crippen molar-refractivity contribution in [1.29, 1.82) is 0 Å². The van der Waals surface area contributed by atoms with E-state index in [2.05, 4.69) is 9.82 Å². The fourth-order valence-electron chi connectivity index (χ4n) is 2.43. The zero-order chi connectivity index (χ0) is 16.4. The Morgan fingerprint density at radius 3 is 2.52 bits per heavy atom. The molecule has 8 heteroatoms. The topological polar surface area (TPSA) is 64.0 Å². The molecule has 0 radical (unpaired) electrons. The highest BCUT2D eigenvalue weighted by molar-refractivity contribution is 7.91. The lowest BCUT2D eigenvalue weighted by molar-refractivity contribution is 0.500. The molecule has 3 heterocycles. The third kappa shape index (κ3) is 3.55. The van der Waals surface area contributed by atoms with Crippen LogP contribution in [0.25, 0.3) is 0 Å². The van der Waals surface area contributed by atoms with E-state index >= 15 is 0 Å². The van der Waals surface area contributed by atoms with E-state index in [4.69, 9.17) is 0 Å². The van der Waals surface area contributed by atoms with Crippen molar-refractivity contribution in [1.82, 2.24) is 14.5 Å². The summed E-state index contributed by atoms with van der Waals surface area (Å²) >= 11 is 2.81. The summed E-state index contributed by atoms with van der Waals surface area (Å²) < 4.78 is 29.7. The molecule has 0 aromatic carbocycles. The number of sulfonamides is 1. The maximum atomic E-state index is 12.4. The van der Waals surface area contributed by atoms with Gasteiger partial charge in [-0.1, -0.05) is 12.1 Å². The van der Waals surface area contributed by atoms with Gasteiger partial charge in [0.05, 0.1) is 11.7 Å². The fraction of sp³-hybridized carbons (Fsp3) is 0.267. The molecule has 1 atom stereocenters. The Balaban J connectivity index is 1.87. The number of hydrogen-bond donors (Lipinski definition) is 1. The molecule has 3 aromatic heterocycles. The molecule has 1 unspecified atom stereocenters. The van der Waals surface area contributed by atoms with Gasteiger partial charge >= 0.3 is 0 Å². The van der Waals surface area contributed by atoms with Crippen LogP contribution in [-0.4, -0.2) is 24.7 Å². The van der Waals surface area contributed by atoms with Crippen molar-refractivity contribution in [2.24, 2.45) is 0 Å². The lowest BCUT2D eigenvalue weighted by atomic mass is 10.2. The molecule has 3 aromatic rings. The number of hydrogen-bond acceptors (Lipinski definition) is 5. The van der Waals surface area contributed by atoms with Crippen molar-refractivity contribution in [3.63, 3.8) is 0 Å². The van der Waals surface area contributed by atoms with Gasteiger partial charge in [-0.2, -0.15) is 5.10 Å². The molecule has 0 saturated heterocycles. The van der Waals surface area contributed by atoms with Crippen molar-refractivity contribution >= 4 is 32.7 Å². The van der Waals surface area contributed by atoms with E-state index < -0.39 is 10.0 Å². The molecule has 122 valence electrons. The molecule has 0 aliphatic carbocycles. The Morgan fingerprint density at radius 1 is 1.22 bits per heavy atom. The summed E-state index contributed by atoms with van der Waals surface area (Å²) in [5, 5.41) is 8.27. The maximum Gasteiger partial charge on any atom is 0.250 e. The zero-order valence-corrected chi connectivity index (χ0v) is 15.2. The molecule has 0 fully saturated rings. The third-order valence-corrected chi connectivity index (χ3v) is 7.23. The Kier molecular flexibility index (Phi) is 4.67. The Labute approximate surface area is 143 Å². The van der Waals surface area contributed by atoms with Crippen LogP contribution in [-0.2, 0) is 10.0 Å². The molecule has 0 spiro atoms. The molecule has 0 aliphatic rings. The van der Waals surface area contributed by atoms with Crippen LogP contribution in [0, 0.1) is 13.8 Å². The standard InChI is InChI=1S/C15H17N3O2S3/c1-11-9-12(2)18(17-11)13(14-5-3-7-21-14)10-16-23(19,20)15-6-4-8-22-15/h3-9,13,16H,10H2,1-2H3. The predicted molar refractivity (Wildman–Crippen MR) is 93.7 cm³/mol. The van der Waals surface area contributed by atoms with Crippen molar-refractivity contribution in [2.45, 2.75) is 24.1 Å². The molecule has 1 N–H and O–H groups in total. The fourth-order valence-corrected chi connectivity index (χ4v) is 5.31. The summed E-state index contributed by atoms with van der Waals surface area (Å²) in [4.78, 5) is 1.07. The Bertz CT molecular complexity index is 865. The average molecular weight is 368 g/mol. The molecule has 0 aliphatic heterocycles. The maximum absolute atomic E-state index is 12.4. The molecule has 0 amide bonds. The Morgan fingerprint density at radius 2 is 1.96 bits per heavy atom. The van der Waals surface area contributed by atoms with E-state index in [0.717, 1.165) is 16.3 Å². The smallest absolute Gasteiger partial charge is 0.250 e. The first-order valence-electron chi connectivity index (χ1n) is 7.07. The van der Waals surface area contributed by atoms with Gasteiger partial charge in [0.25, 0.3) is 0 Å². The van der Waals surface area contributed by atoms with Gasteiger partial charge in [-0.25, -0.2) is 13.1 Å². The van der Waals surface area contributed by atoms with Gasteiger partial charge in [0.15, 0.2) is 0 Å². The zero-order valence-electron chi connectivity index (χ0n) is 12.8. The van der Waals surface area contributed by atoms with Crippen molar-refractivity contribution in [3.05, 3.63) is 57.4 Å². The van der Waals surface area contributed by atoms with Gasteiger partial charge in [0.1, 0.15) is 4.21 Å². The average Bonchev–Trinajstić information content (AvgIpc) is 3.22. The highest BCUT2D eigenvalue weighted by atomic mass is 32.2. The first kappa shape index (κ1) is 16.4. The number of aromatic nitrogens is 2. The van der Waals surface area contributed by atoms with Crippen LogP contribution in [0.4, 0.5) is 0 Å². The summed E-state index contributed by atoms with van der Waals surface area (Å²) in [6.07, 6.45) is 0. The van der Waals surface area contributed by atoms with Crippen LogP contribution < -0.4 is 4.72 Å². The summed E-state index contributed by atoms with van der Waals surface area (Å²) in [5.41, 5.74) is 1.93. The SMILES string of the molecule is Cc1cc(C)n(C(CNS(=O)(=O)c2cccs2)c2cccs2)n1. The summed E-state index contributed by atoms with van der Waals surface area (Å²) in [5.74, 6) is 0. The van der Waals surface area contributed by atoms with Gasteiger partial charge in [0.2, 0.25) is 10.0 Å². The van der Waals surface area contributed by atoms with Gasteiger partial charge in [-0.05, 0) is 42.8 Å². The molecule has 0 bridgehead atoms. The Hall–Kier alpha value is -1.48. The van der Waals surface area contributed by atoms with Gasteiger partial charge in [0, 0.05) is 17.1 Å². The number of thiophene rings is 2. The lowest BCUT2D eigenvalue weighted by Gasteiger charge is -2.18.